The Hall–Kier alpha value is -1.81. The number of aromatic nitrogens is 1. The van der Waals surface area contributed by atoms with E-state index < -0.39 is 0 Å². The fourth-order valence-corrected chi connectivity index (χ4v) is 3.29. The minimum Gasteiger partial charge on any atom is -0.487 e. The molecule has 158 valence electrons. The quantitative estimate of drug-likeness (QED) is 0.337. The number of para-hydroxylation sites is 1. The number of pyridine rings is 1. The van der Waals surface area contributed by atoms with Crippen LogP contribution in [0.4, 0.5) is 10.2 Å². The minimum absolute atomic E-state index is 0. The molecule has 1 aliphatic heterocycles. The summed E-state index contributed by atoms with van der Waals surface area (Å²) in [4.78, 5) is 10.4. The summed E-state index contributed by atoms with van der Waals surface area (Å²) in [5.74, 6) is 1.45. The number of benzene rings is 1. The zero-order valence-electron chi connectivity index (χ0n) is 16.4. The van der Waals surface area contributed by atoms with Crippen molar-refractivity contribution in [3.05, 3.63) is 53.4 Å². The SMILES string of the molecule is CN=C(NCC(C)Oc1ccccc1Cl)NC1CCN(c2ncccc2F)C1.I. The van der Waals surface area contributed by atoms with E-state index in [1.807, 2.05) is 30.0 Å². The van der Waals surface area contributed by atoms with Crippen molar-refractivity contribution in [1.82, 2.24) is 15.6 Å². The van der Waals surface area contributed by atoms with Gasteiger partial charge in [0.25, 0.3) is 0 Å². The van der Waals surface area contributed by atoms with Crippen molar-refractivity contribution in [2.45, 2.75) is 25.5 Å². The number of guanidine groups is 1. The summed E-state index contributed by atoms with van der Waals surface area (Å²) in [5.41, 5.74) is 0. The average molecular weight is 534 g/mol. The molecule has 29 heavy (non-hydrogen) atoms. The molecule has 0 bridgehead atoms. The minimum atomic E-state index is -0.295. The van der Waals surface area contributed by atoms with Gasteiger partial charge in [-0.2, -0.15) is 0 Å². The van der Waals surface area contributed by atoms with E-state index in [0.717, 1.165) is 13.0 Å². The van der Waals surface area contributed by atoms with E-state index in [-0.39, 0.29) is 41.9 Å². The maximum Gasteiger partial charge on any atom is 0.191 e. The highest BCUT2D eigenvalue weighted by Crippen LogP contribution is 2.24. The molecule has 2 N–H and O–H groups in total. The number of hydrogen-bond acceptors (Lipinski definition) is 4. The fraction of sp³-hybridized carbons (Fsp3) is 0.400. The smallest absolute Gasteiger partial charge is 0.191 e. The normalized spacial score (nSPS) is 17.4. The lowest BCUT2D eigenvalue weighted by molar-refractivity contribution is 0.224. The van der Waals surface area contributed by atoms with Crippen LogP contribution in [-0.2, 0) is 0 Å². The largest absolute Gasteiger partial charge is 0.487 e. The van der Waals surface area contributed by atoms with E-state index in [1.165, 1.54) is 6.07 Å². The molecule has 2 atom stereocenters. The third kappa shape index (κ3) is 6.60. The van der Waals surface area contributed by atoms with Crippen LogP contribution in [0.3, 0.4) is 0 Å². The van der Waals surface area contributed by atoms with E-state index in [0.29, 0.717) is 35.6 Å². The summed E-state index contributed by atoms with van der Waals surface area (Å²) in [6, 6.07) is 10.6. The predicted molar refractivity (Wildman–Crippen MR) is 126 cm³/mol. The van der Waals surface area contributed by atoms with Gasteiger partial charge in [-0.1, -0.05) is 23.7 Å². The Labute approximate surface area is 192 Å². The summed E-state index contributed by atoms with van der Waals surface area (Å²) in [5, 5.41) is 7.23. The standard InChI is InChI=1S/C20H25ClFN5O.HI/c1-14(28-18-8-4-3-6-16(18)21)12-25-20(23-2)26-15-9-11-27(13-15)19-17(22)7-5-10-24-19;/h3-8,10,14-15H,9,11-13H2,1-2H3,(H2,23,25,26);1H. The van der Waals surface area contributed by atoms with Gasteiger partial charge in [0, 0.05) is 32.4 Å². The fourth-order valence-electron chi connectivity index (χ4n) is 3.11. The molecule has 0 radical (unpaired) electrons. The van der Waals surface area contributed by atoms with Crippen LogP contribution in [-0.4, -0.2) is 49.8 Å². The number of halogens is 3. The number of rotatable bonds is 6. The van der Waals surface area contributed by atoms with Gasteiger partial charge >= 0.3 is 0 Å². The number of aliphatic imine (C=N–C) groups is 1. The molecule has 2 aromatic rings. The van der Waals surface area contributed by atoms with Crippen LogP contribution in [0.2, 0.25) is 5.02 Å². The van der Waals surface area contributed by atoms with E-state index in [9.17, 15) is 4.39 Å². The van der Waals surface area contributed by atoms with Crippen molar-refractivity contribution < 1.29 is 9.13 Å². The third-order valence-electron chi connectivity index (χ3n) is 4.51. The molecule has 1 aliphatic rings. The summed E-state index contributed by atoms with van der Waals surface area (Å²) < 4.78 is 19.8. The first-order chi connectivity index (χ1) is 13.6. The molecule has 2 unspecified atom stereocenters. The van der Waals surface area contributed by atoms with Crippen molar-refractivity contribution >= 4 is 47.4 Å². The molecule has 6 nitrogen and oxygen atoms in total. The van der Waals surface area contributed by atoms with Crippen LogP contribution < -0.4 is 20.3 Å². The molecule has 9 heteroatoms. The lowest BCUT2D eigenvalue weighted by Crippen LogP contribution is -2.47. The Balaban J connectivity index is 0.00000300. The summed E-state index contributed by atoms with van der Waals surface area (Å²) in [7, 11) is 1.72. The maximum atomic E-state index is 13.9. The van der Waals surface area contributed by atoms with Gasteiger partial charge in [0.2, 0.25) is 0 Å². The van der Waals surface area contributed by atoms with Gasteiger partial charge in [0.15, 0.2) is 17.6 Å². The van der Waals surface area contributed by atoms with Crippen LogP contribution >= 0.6 is 35.6 Å². The van der Waals surface area contributed by atoms with Crippen LogP contribution in [0.1, 0.15) is 13.3 Å². The predicted octanol–water partition coefficient (Wildman–Crippen LogP) is 3.70. The Morgan fingerprint density at radius 1 is 1.38 bits per heavy atom. The van der Waals surface area contributed by atoms with Crippen molar-refractivity contribution in [3.8, 4) is 5.75 Å². The zero-order chi connectivity index (χ0) is 19.9. The van der Waals surface area contributed by atoms with E-state index in [4.69, 9.17) is 16.3 Å². The number of hydrogen-bond donors (Lipinski definition) is 2. The van der Waals surface area contributed by atoms with Crippen molar-refractivity contribution in [3.63, 3.8) is 0 Å². The highest BCUT2D eigenvalue weighted by Gasteiger charge is 2.26. The molecular formula is C20H26ClFIN5O. The first kappa shape index (κ1) is 23.5. The topological polar surface area (TPSA) is 61.8 Å². The molecule has 0 spiro atoms. The number of nitrogens with one attached hydrogen (secondary N) is 2. The lowest BCUT2D eigenvalue weighted by atomic mass is 10.3. The molecule has 1 saturated heterocycles. The Morgan fingerprint density at radius 3 is 2.90 bits per heavy atom. The molecular weight excluding hydrogens is 508 g/mol. The summed E-state index contributed by atoms with van der Waals surface area (Å²) in [6.07, 6.45) is 2.39. The van der Waals surface area contributed by atoms with Crippen LogP contribution in [0, 0.1) is 5.82 Å². The first-order valence-electron chi connectivity index (χ1n) is 9.30. The van der Waals surface area contributed by atoms with Gasteiger partial charge in [-0.3, -0.25) is 4.99 Å². The molecule has 0 amide bonds. The van der Waals surface area contributed by atoms with E-state index >= 15 is 0 Å². The van der Waals surface area contributed by atoms with Crippen LogP contribution in [0.25, 0.3) is 0 Å². The second kappa shape index (κ2) is 11.4. The van der Waals surface area contributed by atoms with E-state index in [1.54, 1.807) is 25.4 Å². The maximum absolute atomic E-state index is 13.9. The number of nitrogens with zero attached hydrogens (tertiary/aromatic N) is 3. The highest BCUT2D eigenvalue weighted by atomic mass is 127. The van der Waals surface area contributed by atoms with Crippen LogP contribution in [0.5, 0.6) is 5.75 Å². The summed E-state index contributed by atoms with van der Waals surface area (Å²) >= 11 is 6.13. The van der Waals surface area contributed by atoms with Crippen molar-refractivity contribution in [2.75, 3.05) is 31.6 Å². The van der Waals surface area contributed by atoms with Gasteiger partial charge in [-0.25, -0.2) is 9.37 Å². The highest BCUT2D eigenvalue weighted by molar-refractivity contribution is 14.0. The monoisotopic (exact) mass is 533 g/mol. The molecule has 2 heterocycles. The van der Waals surface area contributed by atoms with Crippen molar-refractivity contribution in [2.24, 2.45) is 4.99 Å². The van der Waals surface area contributed by atoms with Gasteiger partial charge < -0.3 is 20.3 Å². The molecule has 1 fully saturated rings. The number of ether oxygens (including phenoxy) is 1. The molecule has 1 aromatic heterocycles. The van der Waals surface area contributed by atoms with Crippen molar-refractivity contribution in [1.29, 1.82) is 0 Å². The first-order valence-corrected chi connectivity index (χ1v) is 9.68. The van der Waals surface area contributed by atoms with E-state index in [2.05, 4.69) is 20.6 Å². The zero-order valence-corrected chi connectivity index (χ0v) is 19.5. The molecule has 1 aromatic carbocycles. The summed E-state index contributed by atoms with van der Waals surface area (Å²) in [6.45, 7) is 3.94. The van der Waals surface area contributed by atoms with Gasteiger partial charge in [0.05, 0.1) is 11.6 Å². The van der Waals surface area contributed by atoms with Gasteiger partial charge in [-0.15, -0.1) is 24.0 Å². The Kier molecular flexibility index (Phi) is 9.22. The van der Waals surface area contributed by atoms with Gasteiger partial charge in [-0.05, 0) is 37.6 Å². The van der Waals surface area contributed by atoms with Gasteiger partial charge in [0.1, 0.15) is 11.9 Å². The Morgan fingerprint density at radius 2 is 2.17 bits per heavy atom. The molecule has 3 rings (SSSR count). The lowest BCUT2D eigenvalue weighted by Gasteiger charge is -2.21. The number of anilines is 1. The van der Waals surface area contributed by atoms with Crippen LogP contribution in [0.15, 0.2) is 47.6 Å². The molecule has 0 aliphatic carbocycles. The molecule has 0 saturated carbocycles. The average Bonchev–Trinajstić information content (AvgIpc) is 3.15. The third-order valence-corrected chi connectivity index (χ3v) is 4.83. The second-order valence-electron chi connectivity index (χ2n) is 6.70. The Bertz CT molecular complexity index is 825. The second-order valence-corrected chi connectivity index (χ2v) is 7.10.